The molecular weight excluding hydrogens is 282 g/mol. The van der Waals surface area contributed by atoms with Crippen molar-refractivity contribution in [3.05, 3.63) is 10.6 Å². The van der Waals surface area contributed by atoms with E-state index < -0.39 is 0 Å². The van der Waals surface area contributed by atoms with Crippen molar-refractivity contribution >= 4 is 16.5 Å². The fourth-order valence-electron chi connectivity index (χ4n) is 3.09. The molecule has 1 aromatic rings. The molecule has 0 aliphatic carbocycles. The van der Waals surface area contributed by atoms with Crippen LogP contribution in [-0.2, 0) is 17.9 Å². The van der Waals surface area contributed by atoms with Crippen LogP contribution < -0.4 is 10.2 Å². The van der Waals surface area contributed by atoms with Gasteiger partial charge in [0.2, 0.25) is 0 Å². The van der Waals surface area contributed by atoms with Crippen molar-refractivity contribution in [3.63, 3.8) is 0 Å². The second-order valence-corrected chi connectivity index (χ2v) is 7.39. The molecule has 2 heterocycles. The SMILES string of the molecule is CCCNCc1sc(N2CC(C)CC(C)C2)nc1COC. The van der Waals surface area contributed by atoms with Gasteiger partial charge in [-0.25, -0.2) is 4.98 Å². The van der Waals surface area contributed by atoms with Crippen molar-refractivity contribution in [1.29, 1.82) is 0 Å². The normalized spacial score (nSPS) is 22.8. The zero-order valence-corrected chi connectivity index (χ0v) is 14.6. The number of hydrogen-bond acceptors (Lipinski definition) is 5. The maximum Gasteiger partial charge on any atom is 0.185 e. The summed E-state index contributed by atoms with van der Waals surface area (Å²) in [5, 5.41) is 4.66. The summed E-state index contributed by atoms with van der Waals surface area (Å²) >= 11 is 1.83. The number of thiazole rings is 1. The van der Waals surface area contributed by atoms with Crippen LogP contribution in [0.2, 0.25) is 0 Å². The van der Waals surface area contributed by atoms with Crippen LogP contribution in [0.1, 0.15) is 44.2 Å². The molecule has 0 spiro atoms. The van der Waals surface area contributed by atoms with Gasteiger partial charge in [0.05, 0.1) is 12.3 Å². The summed E-state index contributed by atoms with van der Waals surface area (Å²) in [6.45, 7) is 11.7. The molecule has 0 amide bonds. The molecule has 1 aromatic heterocycles. The van der Waals surface area contributed by atoms with Crippen molar-refractivity contribution in [2.45, 2.75) is 46.8 Å². The number of hydrogen-bond donors (Lipinski definition) is 1. The van der Waals surface area contributed by atoms with Crippen LogP contribution >= 0.6 is 11.3 Å². The minimum Gasteiger partial charge on any atom is -0.378 e. The van der Waals surface area contributed by atoms with Gasteiger partial charge < -0.3 is 15.0 Å². The maximum atomic E-state index is 5.32. The quantitative estimate of drug-likeness (QED) is 0.784. The number of aromatic nitrogens is 1. The molecule has 0 radical (unpaired) electrons. The van der Waals surface area contributed by atoms with E-state index in [4.69, 9.17) is 9.72 Å². The second-order valence-electron chi connectivity index (χ2n) is 6.33. The Labute approximate surface area is 132 Å². The molecule has 1 fully saturated rings. The minimum absolute atomic E-state index is 0.610. The summed E-state index contributed by atoms with van der Waals surface area (Å²) < 4.78 is 5.32. The van der Waals surface area contributed by atoms with Gasteiger partial charge in [-0.05, 0) is 31.2 Å². The zero-order valence-electron chi connectivity index (χ0n) is 13.8. The van der Waals surface area contributed by atoms with Crippen LogP contribution in [0.4, 0.5) is 5.13 Å². The average Bonchev–Trinajstić information content (AvgIpc) is 2.82. The molecule has 0 saturated carbocycles. The number of nitrogens with one attached hydrogen (secondary N) is 1. The number of nitrogens with zero attached hydrogens (tertiary/aromatic N) is 2. The second kappa shape index (κ2) is 8.11. The lowest BCUT2D eigenvalue weighted by atomic mass is 9.92. The van der Waals surface area contributed by atoms with Gasteiger partial charge in [0.25, 0.3) is 0 Å². The Hall–Kier alpha value is -0.650. The Morgan fingerprint density at radius 3 is 2.67 bits per heavy atom. The highest BCUT2D eigenvalue weighted by molar-refractivity contribution is 7.15. The Morgan fingerprint density at radius 2 is 2.05 bits per heavy atom. The van der Waals surface area contributed by atoms with E-state index in [0.29, 0.717) is 6.61 Å². The predicted octanol–water partition coefficient (Wildman–Crippen LogP) is 3.27. The van der Waals surface area contributed by atoms with Crippen molar-refractivity contribution in [2.75, 3.05) is 31.6 Å². The molecule has 0 aromatic carbocycles. The number of methoxy groups -OCH3 is 1. The molecule has 1 N–H and O–H groups in total. The topological polar surface area (TPSA) is 37.4 Å². The van der Waals surface area contributed by atoms with Crippen molar-refractivity contribution in [3.8, 4) is 0 Å². The Bertz CT molecular complexity index is 425. The van der Waals surface area contributed by atoms with E-state index >= 15 is 0 Å². The van der Waals surface area contributed by atoms with Gasteiger partial charge in [-0.15, -0.1) is 11.3 Å². The summed E-state index contributed by atoms with van der Waals surface area (Å²) in [4.78, 5) is 8.64. The summed E-state index contributed by atoms with van der Waals surface area (Å²) in [5.74, 6) is 1.51. The minimum atomic E-state index is 0.610. The first-order valence-electron chi connectivity index (χ1n) is 8.07. The van der Waals surface area contributed by atoms with E-state index in [0.717, 1.165) is 50.1 Å². The van der Waals surface area contributed by atoms with Crippen LogP contribution in [0.5, 0.6) is 0 Å². The van der Waals surface area contributed by atoms with E-state index in [1.54, 1.807) is 7.11 Å². The molecule has 1 aliphatic rings. The molecule has 120 valence electrons. The van der Waals surface area contributed by atoms with Gasteiger partial charge in [-0.3, -0.25) is 0 Å². The summed E-state index contributed by atoms with van der Waals surface area (Å²) in [6.07, 6.45) is 2.49. The lowest BCUT2D eigenvalue weighted by Gasteiger charge is -2.34. The standard InChI is InChI=1S/C16H29N3OS/c1-5-6-17-8-15-14(11-20-4)18-16(21-15)19-9-12(2)7-13(3)10-19/h12-13,17H,5-11H2,1-4H3. The lowest BCUT2D eigenvalue weighted by Crippen LogP contribution is -2.38. The van der Waals surface area contributed by atoms with Gasteiger partial charge in [0, 0.05) is 31.6 Å². The van der Waals surface area contributed by atoms with E-state index in [9.17, 15) is 0 Å². The lowest BCUT2D eigenvalue weighted by molar-refractivity contribution is 0.181. The van der Waals surface area contributed by atoms with Gasteiger partial charge in [-0.1, -0.05) is 20.8 Å². The van der Waals surface area contributed by atoms with Gasteiger partial charge in [-0.2, -0.15) is 0 Å². The van der Waals surface area contributed by atoms with Crippen molar-refractivity contribution < 1.29 is 4.74 Å². The highest BCUT2D eigenvalue weighted by Crippen LogP contribution is 2.31. The Kier molecular flexibility index (Phi) is 6.45. The van der Waals surface area contributed by atoms with Crippen molar-refractivity contribution in [1.82, 2.24) is 10.3 Å². The molecule has 21 heavy (non-hydrogen) atoms. The number of rotatable bonds is 7. The Morgan fingerprint density at radius 1 is 1.33 bits per heavy atom. The number of ether oxygens (including phenoxy) is 1. The molecule has 1 aliphatic heterocycles. The monoisotopic (exact) mass is 311 g/mol. The molecular formula is C16H29N3OS. The molecule has 2 atom stereocenters. The fraction of sp³-hybridized carbons (Fsp3) is 0.812. The predicted molar refractivity (Wildman–Crippen MR) is 90.0 cm³/mol. The van der Waals surface area contributed by atoms with E-state index in [-0.39, 0.29) is 0 Å². The first kappa shape index (κ1) is 16.7. The summed E-state index contributed by atoms with van der Waals surface area (Å²) in [6, 6.07) is 0. The largest absolute Gasteiger partial charge is 0.378 e. The molecule has 1 saturated heterocycles. The van der Waals surface area contributed by atoms with Crippen LogP contribution in [0.3, 0.4) is 0 Å². The first-order chi connectivity index (χ1) is 10.1. The molecule has 2 rings (SSSR count). The van der Waals surface area contributed by atoms with Crippen LogP contribution in [-0.4, -0.2) is 31.7 Å². The van der Waals surface area contributed by atoms with Gasteiger partial charge in [0.1, 0.15) is 0 Å². The molecule has 2 unspecified atom stereocenters. The summed E-state index contributed by atoms with van der Waals surface area (Å²) in [7, 11) is 1.74. The maximum absolute atomic E-state index is 5.32. The van der Waals surface area contributed by atoms with Gasteiger partial charge in [0.15, 0.2) is 5.13 Å². The third-order valence-corrected chi connectivity index (χ3v) is 5.06. The highest BCUT2D eigenvalue weighted by atomic mass is 32.1. The van der Waals surface area contributed by atoms with Crippen LogP contribution in [0, 0.1) is 11.8 Å². The van der Waals surface area contributed by atoms with E-state index in [1.165, 1.54) is 16.4 Å². The van der Waals surface area contributed by atoms with Crippen molar-refractivity contribution in [2.24, 2.45) is 11.8 Å². The number of piperidine rings is 1. The number of anilines is 1. The van der Waals surface area contributed by atoms with E-state index in [2.05, 4.69) is 31.0 Å². The zero-order chi connectivity index (χ0) is 15.2. The third-order valence-electron chi connectivity index (χ3n) is 3.90. The average molecular weight is 311 g/mol. The molecule has 5 heteroatoms. The fourth-order valence-corrected chi connectivity index (χ4v) is 4.14. The van der Waals surface area contributed by atoms with Gasteiger partial charge >= 0.3 is 0 Å². The summed E-state index contributed by atoms with van der Waals surface area (Å²) in [5.41, 5.74) is 1.10. The highest BCUT2D eigenvalue weighted by Gasteiger charge is 2.25. The molecule has 0 bridgehead atoms. The first-order valence-corrected chi connectivity index (χ1v) is 8.88. The molecule has 4 nitrogen and oxygen atoms in total. The smallest absolute Gasteiger partial charge is 0.185 e. The third kappa shape index (κ3) is 4.66. The Balaban J connectivity index is 2.09. The van der Waals surface area contributed by atoms with Crippen LogP contribution in [0.25, 0.3) is 0 Å². The van der Waals surface area contributed by atoms with Crippen LogP contribution in [0.15, 0.2) is 0 Å². The van der Waals surface area contributed by atoms with E-state index in [1.807, 2.05) is 11.3 Å².